The molecule has 0 aliphatic rings. The molecule has 0 aliphatic heterocycles. The van der Waals surface area contributed by atoms with Crippen LogP contribution >= 0.6 is 0 Å². The Morgan fingerprint density at radius 2 is 2.12 bits per heavy atom. The Kier molecular flexibility index (Phi) is 6.28. The Balaban J connectivity index is 0.000000145. The molecule has 0 aliphatic carbocycles. The standard InChI is InChI=1S/C3H4N2.H6OSi2/c1-2-5-3-4-1;2-1-3/h1-3H,(H,4,5);2-3H3. The van der Waals surface area contributed by atoms with Crippen molar-refractivity contribution in [3.8, 4) is 0 Å². The zero-order valence-electron chi connectivity index (χ0n) is 5.09. The number of hydrogen-bond donors (Lipinski definition) is 1. The Morgan fingerprint density at radius 1 is 1.50 bits per heavy atom. The van der Waals surface area contributed by atoms with E-state index in [9.17, 15) is 0 Å². The molecule has 0 bridgehead atoms. The number of aromatic nitrogens is 2. The van der Waals surface area contributed by atoms with E-state index in [4.69, 9.17) is 0 Å². The highest BCUT2D eigenvalue weighted by molar-refractivity contribution is 6.15. The summed E-state index contributed by atoms with van der Waals surface area (Å²) >= 11 is 0. The number of hydrogen-bond acceptors (Lipinski definition) is 2. The molecule has 1 rings (SSSR count). The van der Waals surface area contributed by atoms with Gasteiger partial charge in [0.1, 0.15) is 21.0 Å². The van der Waals surface area contributed by atoms with Crippen molar-refractivity contribution in [3.63, 3.8) is 0 Å². The van der Waals surface area contributed by atoms with Crippen LogP contribution in [0.15, 0.2) is 18.7 Å². The Bertz CT molecular complexity index is 82.2. The lowest BCUT2D eigenvalue weighted by Crippen LogP contribution is -1.65. The molecule has 1 N–H and O–H groups in total. The molecule has 0 atom stereocenters. The van der Waals surface area contributed by atoms with E-state index in [0.29, 0.717) is 0 Å². The average molecular weight is 146 g/mol. The third-order valence-corrected chi connectivity index (χ3v) is 0.406. The third kappa shape index (κ3) is 5.60. The minimum atomic E-state index is 0.931. The van der Waals surface area contributed by atoms with Crippen LogP contribution in [-0.2, 0) is 4.12 Å². The number of H-pyrrole nitrogens is 1. The van der Waals surface area contributed by atoms with Crippen LogP contribution in [0.5, 0.6) is 0 Å². The summed E-state index contributed by atoms with van der Waals surface area (Å²) in [6.45, 7) is 0. The molecule has 1 aromatic rings. The molecule has 0 saturated carbocycles. The van der Waals surface area contributed by atoms with Crippen molar-refractivity contribution in [2.24, 2.45) is 0 Å². The van der Waals surface area contributed by atoms with Crippen molar-refractivity contribution in [1.29, 1.82) is 0 Å². The highest BCUT2D eigenvalue weighted by Crippen LogP contribution is 1.62. The minimum Gasteiger partial charge on any atom is -0.471 e. The van der Waals surface area contributed by atoms with E-state index in [1.165, 1.54) is 0 Å². The molecule has 1 aromatic heterocycles. The Morgan fingerprint density at radius 3 is 2.25 bits per heavy atom. The molecule has 0 aromatic carbocycles. The number of rotatable bonds is 0. The van der Waals surface area contributed by atoms with E-state index < -0.39 is 0 Å². The van der Waals surface area contributed by atoms with E-state index >= 15 is 0 Å². The maximum Gasteiger partial charge on any atom is 0.129 e. The topological polar surface area (TPSA) is 37.9 Å². The number of nitrogens with zero attached hydrogens (tertiary/aromatic N) is 1. The van der Waals surface area contributed by atoms with Crippen LogP contribution in [0, 0.1) is 0 Å². The lowest BCUT2D eigenvalue weighted by molar-refractivity contribution is 0.690. The number of nitrogens with one attached hydrogen (secondary N) is 1. The van der Waals surface area contributed by atoms with Gasteiger partial charge in [-0.25, -0.2) is 4.98 Å². The van der Waals surface area contributed by atoms with Gasteiger partial charge in [-0.05, 0) is 0 Å². The second-order valence-corrected chi connectivity index (χ2v) is 4.43. The van der Waals surface area contributed by atoms with Gasteiger partial charge in [0.2, 0.25) is 0 Å². The molecule has 3 nitrogen and oxygen atoms in total. The van der Waals surface area contributed by atoms with E-state index in [1.54, 1.807) is 18.7 Å². The largest absolute Gasteiger partial charge is 0.471 e. The zero-order chi connectivity index (χ0) is 6.24. The van der Waals surface area contributed by atoms with Gasteiger partial charge < -0.3 is 9.10 Å². The van der Waals surface area contributed by atoms with E-state index in [1.807, 2.05) is 0 Å². The maximum absolute atomic E-state index is 4.53. The molecule has 0 radical (unpaired) electrons. The van der Waals surface area contributed by atoms with Gasteiger partial charge in [-0.1, -0.05) is 0 Å². The molecule has 0 amide bonds. The van der Waals surface area contributed by atoms with Crippen molar-refractivity contribution >= 4 is 21.0 Å². The Labute approximate surface area is 54.6 Å². The predicted octanol–water partition coefficient (Wildman–Crippen LogP) is -2.03. The fraction of sp³-hybridized carbons (Fsp3) is 0. The van der Waals surface area contributed by atoms with Gasteiger partial charge in [0.25, 0.3) is 0 Å². The third-order valence-electron chi connectivity index (χ3n) is 0.406. The van der Waals surface area contributed by atoms with E-state index in [-0.39, 0.29) is 0 Å². The van der Waals surface area contributed by atoms with E-state index in [2.05, 4.69) is 14.1 Å². The molecular weight excluding hydrogens is 136 g/mol. The molecule has 0 fully saturated rings. The molecule has 5 heteroatoms. The SMILES string of the molecule is [SiH3]O[SiH3].c1c[nH]cn1. The van der Waals surface area contributed by atoms with Crippen molar-refractivity contribution in [3.05, 3.63) is 18.7 Å². The smallest absolute Gasteiger partial charge is 0.129 e. The zero-order valence-corrected chi connectivity index (χ0v) is 9.09. The quantitative estimate of drug-likeness (QED) is 0.429. The summed E-state index contributed by atoms with van der Waals surface area (Å²) in [6, 6.07) is 0. The van der Waals surface area contributed by atoms with Crippen LogP contribution < -0.4 is 0 Å². The summed E-state index contributed by atoms with van der Waals surface area (Å²) in [4.78, 5) is 6.42. The van der Waals surface area contributed by atoms with Gasteiger partial charge in [-0.2, -0.15) is 0 Å². The molecule has 8 heavy (non-hydrogen) atoms. The lowest BCUT2D eigenvalue weighted by atomic mass is 11.0. The van der Waals surface area contributed by atoms with Crippen LogP contribution in [0.3, 0.4) is 0 Å². The van der Waals surface area contributed by atoms with Crippen LogP contribution in [0.2, 0.25) is 0 Å². The first-order chi connectivity index (χ1) is 3.91. The molecule has 0 spiro atoms. The fourth-order valence-corrected chi connectivity index (χ4v) is 0.215. The molecule has 46 valence electrons. The van der Waals surface area contributed by atoms with Crippen LogP contribution in [-0.4, -0.2) is 30.9 Å². The monoisotopic (exact) mass is 146 g/mol. The first kappa shape index (κ1) is 7.60. The van der Waals surface area contributed by atoms with Crippen molar-refractivity contribution in [2.45, 2.75) is 0 Å². The molecule has 1 heterocycles. The van der Waals surface area contributed by atoms with Crippen LogP contribution in [0.1, 0.15) is 0 Å². The Hall–Kier alpha value is -0.396. The average Bonchev–Trinajstić information content (AvgIpc) is 2.17. The van der Waals surface area contributed by atoms with Gasteiger partial charge in [0.15, 0.2) is 0 Å². The summed E-state index contributed by atoms with van der Waals surface area (Å²) in [7, 11) is 1.86. The highest BCUT2D eigenvalue weighted by Gasteiger charge is 1.56. The lowest BCUT2D eigenvalue weighted by Gasteiger charge is -1.62. The van der Waals surface area contributed by atoms with Gasteiger partial charge >= 0.3 is 0 Å². The first-order valence-electron chi connectivity index (χ1n) is 2.24. The van der Waals surface area contributed by atoms with Gasteiger partial charge in [-0.15, -0.1) is 0 Å². The second-order valence-electron chi connectivity index (χ2n) is 1.17. The number of imidazole rings is 1. The molecule has 0 unspecified atom stereocenters. The fourth-order valence-electron chi connectivity index (χ4n) is 0.215. The normalized spacial score (nSPS) is 8.00. The second kappa shape index (κ2) is 6.60. The van der Waals surface area contributed by atoms with Crippen molar-refractivity contribution < 1.29 is 4.12 Å². The summed E-state index contributed by atoms with van der Waals surface area (Å²) < 4.78 is 4.53. The molecular formula is C3H10N2OSi2. The van der Waals surface area contributed by atoms with Crippen molar-refractivity contribution in [2.75, 3.05) is 0 Å². The predicted molar refractivity (Wildman–Crippen MR) is 39.6 cm³/mol. The first-order valence-corrected chi connectivity index (χ1v) is 3.88. The highest BCUT2D eigenvalue weighted by atomic mass is 28.3. The van der Waals surface area contributed by atoms with Crippen molar-refractivity contribution in [1.82, 2.24) is 9.97 Å². The van der Waals surface area contributed by atoms with Crippen LogP contribution in [0.4, 0.5) is 0 Å². The maximum atomic E-state index is 4.53. The van der Waals surface area contributed by atoms with Gasteiger partial charge in [0.05, 0.1) is 6.33 Å². The number of aromatic amines is 1. The summed E-state index contributed by atoms with van der Waals surface area (Å²) in [6.07, 6.45) is 5.08. The van der Waals surface area contributed by atoms with Gasteiger partial charge in [-0.3, -0.25) is 0 Å². The summed E-state index contributed by atoms with van der Waals surface area (Å²) in [5.41, 5.74) is 0. The van der Waals surface area contributed by atoms with Crippen LogP contribution in [0.25, 0.3) is 0 Å². The summed E-state index contributed by atoms with van der Waals surface area (Å²) in [5.74, 6) is 0. The summed E-state index contributed by atoms with van der Waals surface area (Å²) in [5, 5.41) is 0. The van der Waals surface area contributed by atoms with Gasteiger partial charge in [0, 0.05) is 12.4 Å². The minimum absolute atomic E-state index is 0.931. The molecule has 0 saturated heterocycles. The van der Waals surface area contributed by atoms with E-state index in [0.717, 1.165) is 21.0 Å².